The van der Waals surface area contributed by atoms with Crippen molar-refractivity contribution in [3.8, 4) is 50.4 Å². The largest absolute Gasteiger partial charge is 0.278 e. The van der Waals surface area contributed by atoms with Gasteiger partial charge < -0.3 is 0 Å². The molecule has 4 aromatic heterocycles. The lowest BCUT2D eigenvalue weighted by Gasteiger charge is -2.11. The van der Waals surface area contributed by atoms with Crippen LogP contribution in [0.5, 0.6) is 0 Å². The molecule has 0 unspecified atom stereocenters. The van der Waals surface area contributed by atoms with Crippen LogP contribution in [-0.2, 0) is 0 Å². The standard InChI is InChI=1S/C46H27N5S2/c1-3-14-28(15-4-1)30-19-13-26-38-40(30)33-18-7-9-25-37(33)51(38)46-49-43(29-16-5-2-6-17-29)48-44(50-46)34-22-11-20-31-32-21-12-23-35(42(32)53-41(31)34)45-47-36-24-8-10-27-39(36)52-45/h1-27H. The summed E-state index contributed by atoms with van der Waals surface area (Å²) in [4.78, 5) is 20.8. The van der Waals surface area contributed by atoms with Crippen LogP contribution in [0, 0.1) is 0 Å². The van der Waals surface area contributed by atoms with Gasteiger partial charge in [0.05, 0.1) is 21.3 Å². The minimum absolute atomic E-state index is 0.582. The molecular formula is C46H27N5S2. The molecule has 11 aromatic rings. The second-order valence-electron chi connectivity index (χ2n) is 13.0. The fourth-order valence-corrected chi connectivity index (χ4v) is 9.93. The first-order chi connectivity index (χ1) is 26.3. The monoisotopic (exact) mass is 713 g/mol. The summed E-state index contributed by atoms with van der Waals surface area (Å²) in [5.41, 5.74) is 8.52. The molecule has 4 heterocycles. The van der Waals surface area contributed by atoms with E-state index in [-0.39, 0.29) is 0 Å². The van der Waals surface area contributed by atoms with Crippen molar-refractivity contribution in [3.05, 3.63) is 164 Å². The molecule has 248 valence electrons. The van der Waals surface area contributed by atoms with E-state index in [1.165, 1.54) is 36.7 Å². The van der Waals surface area contributed by atoms with Gasteiger partial charge in [0.1, 0.15) is 5.01 Å². The van der Waals surface area contributed by atoms with E-state index in [9.17, 15) is 0 Å². The van der Waals surface area contributed by atoms with E-state index in [4.69, 9.17) is 19.9 Å². The third-order valence-corrected chi connectivity index (χ3v) is 12.3. The van der Waals surface area contributed by atoms with E-state index in [0.29, 0.717) is 17.6 Å². The molecule has 7 heteroatoms. The van der Waals surface area contributed by atoms with E-state index < -0.39 is 0 Å². The Labute approximate surface area is 312 Å². The van der Waals surface area contributed by atoms with Crippen LogP contribution in [0.1, 0.15) is 0 Å². The summed E-state index contributed by atoms with van der Waals surface area (Å²) in [5.74, 6) is 1.85. The summed E-state index contributed by atoms with van der Waals surface area (Å²) >= 11 is 3.52. The number of para-hydroxylation sites is 2. The molecule has 7 aromatic carbocycles. The molecule has 0 saturated heterocycles. The van der Waals surface area contributed by atoms with E-state index >= 15 is 0 Å². The molecule has 5 nitrogen and oxygen atoms in total. The van der Waals surface area contributed by atoms with E-state index in [1.807, 2.05) is 24.3 Å². The van der Waals surface area contributed by atoms with Gasteiger partial charge in [-0.25, -0.2) is 9.97 Å². The zero-order chi connectivity index (χ0) is 34.9. The maximum atomic E-state index is 5.34. The summed E-state index contributed by atoms with van der Waals surface area (Å²) in [6.07, 6.45) is 0. The first-order valence-electron chi connectivity index (χ1n) is 17.5. The van der Waals surface area contributed by atoms with Gasteiger partial charge in [0.2, 0.25) is 5.95 Å². The molecule has 0 amide bonds. The zero-order valence-electron chi connectivity index (χ0n) is 28.1. The minimum atomic E-state index is 0.582. The fourth-order valence-electron chi connectivity index (χ4n) is 7.55. The van der Waals surface area contributed by atoms with Gasteiger partial charge in [-0.1, -0.05) is 133 Å². The van der Waals surface area contributed by atoms with Crippen LogP contribution in [-0.4, -0.2) is 24.5 Å². The summed E-state index contributed by atoms with van der Waals surface area (Å²) in [6.45, 7) is 0. The molecule has 0 N–H and O–H groups in total. The van der Waals surface area contributed by atoms with Crippen molar-refractivity contribution in [1.29, 1.82) is 0 Å². The van der Waals surface area contributed by atoms with Crippen LogP contribution in [0.4, 0.5) is 0 Å². The third kappa shape index (κ3) is 4.82. The van der Waals surface area contributed by atoms with E-state index in [1.54, 1.807) is 22.7 Å². The molecule has 0 spiro atoms. The lowest BCUT2D eigenvalue weighted by molar-refractivity contribution is 0.954. The summed E-state index contributed by atoms with van der Waals surface area (Å²) in [5, 5.41) is 5.74. The smallest absolute Gasteiger partial charge is 0.238 e. The minimum Gasteiger partial charge on any atom is -0.278 e. The van der Waals surface area contributed by atoms with Gasteiger partial charge in [0.25, 0.3) is 0 Å². The van der Waals surface area contributed by atoms with Crippen LogP contribution in [0.2, 0.25) is 0 Å². The molecule has 0 radical (unpaired) electrons. The lowest BCUT2D eigenvalue weighted by atomic mass is 9.99. The Morgan fingerprint density at radius 1 is 0.396 bits per heavy atom. The Kier molecular flexibility index (Phi) is 6.83. The van der Waals surface area contributed by atoms with Crippen molar-refractivity contribution in [1.82, 2.24) is 24.5 Å². The van der Waals surface area contributed by atoms with Crippen LogP contribution in [0.25, 0.3) is 103 Å². The maximum Gasteiger partial charge on any atom is 0.238 e. The van der Waals surface area contributed by atoms with Crippen molar-refractivity contribution in [2.45, 2.75) is 0 Å². The number of hydrogen-bond donors (Lipinski definition) is 0. The Balaban J connectivity index is 1.17. The van der Waals surface area contributed by atoms with Gasteiger partial charge in [-0.3, -0.25) is 4.57 Å². The zero-order valence-corrected chi connectivity index (χ0v) is 29.8. The van der Waals surface area contributed by atoms with Gasteiger partial charge in [0, 0.05) is 47.6 Å². The van der Waals surface area contributed by atoms with E-state index in [0.717, 1.165) is 48.3 Å². The molecule has 0 fully saturated rings. The molecule has 0 atom stereocenters. The van der Waals surface area contributed by atoms with Gasteiger partial charge >= 0.3 is 0 Å². The highest BCUT2D eigenvalue weighted by atomic mass is 32.1. The van der Waals surface area contributed by atoms with Crippen molar-refractivity contribution in [3.63, 3.8) is 0 Å². The molecule has 11 rings (SSSR count). The predicted molar refractivity (Wildman–Crippen MR) is 222 cm³/mol. The summed E-state index contributed by atoms with van der Waals surface area (Å²) in [6, 6.07) is 57.2. The van der Waals surface area contributed by atoms with Crippen molar-refractivity contribution in [2.75, 3.05) is 0 Å². The highest BCUT2D eigenvalue weighted by Gasteiger charge is 2.22. The Morgan fingerprint density at radius 2 is 1.00 bits per heavy atom. The van der Waals surface area contributed by atoms with Crippen LogP contribution in [0.3, 0.4) is 0 Å². The first kappa shape index (κ1) is 30.1. The van der Waals surface area contributed by atoms with Crippen LogP contribution >= 0.6 is 22.7 Å². The van der Waals surface area contributed by atoms with Crippen molar-refractivity contribution in [2.24, 2.45) is 0 Å². The molecule has 0 aliphatic heterocycles. The number of rotatable bonds is 5. The van der Waals surface area contributed by atoms with Crippen molar-refractivity contribution < 1.29 is 0 Å². The molecule has 53 heavy (non-hydrogen) atoms. The predicted octanol–water partition coefficient (Wildman–Crippen LogP) is 12.6. The molecule has 0 bridgehead atoms. The topological polar surface area (TPSA) is 56.5 Å². The fraction of sp³-hybridized carbons (Fsp3) is 0. The number of thiazole rings is 1. The third-order valence-electron chi connectivity index (χ3n) is 9.93. The van der Waals surface area contributed by atoms with Gasteiger partial charge in [0.15, 0.2) is 11.6 Å². The number of hydrogen-bond acceptors (Lipinski definition) is 6. The number of fused-ring (bicyclic) bond motifs is 7. The van der Waals surface area contributed by atoms with Gasteiger partial charge in [-0.15, -0.1) is 22.7 Å². The molecule has 0 aliphatic carbocycles. The SMILES string of the molecule is c1ccc(-c2nc(-c3cccc4c3sc3c(-c5nc6ccccc6s5)cccc34)nc(-n3c4ccccc4c4c(-c5ccccc5)cccc43)n2)cc1. The van der Waals surface area contributed by atoms with Crippen LogP contribution in [0.15, 0.2) is 164 Å². The first-order valence-corrected chi connectivity index (χ1v) is 19.1. The molecular weight excluding hydrogens is 687 g/mol. The summed E-state index contributed by atoms with van der Waals surface area (Å²) < 4.78 is 5.74. The maximum absolute atomic E-state index is 5.34. The molecule has 0 saturated carbocycles. The highest BCUT2D eigenvalue weighted by molar-refractivity contribution is 7.27. The number of aromatic nitrogens is 5. The quantitative estimate of drug-likeness (QED) is 0.178. The van der Waals surface area contributed by atoms with Crippen LogP contribution < -0.4 is 0 Å². The second-order valence-corrected chi connectivity index (χ2v) is 15.1. The average molecular weight is 714 g/mol. The highest BCUT2D eigenvalue weighted by Crippen LogP contribution is 2.45. The number of benzene rings is 7. The number of nitrogens with zero attached hydrogens (tertiary/aromatic N) is 5. The van der Waals surface area contributed by atoms with E-state index in [2.05, 4.69) is 144 Å². The van der Waals surface area contributed by atoms with Gasteiger partial charge in [-0.05, 0) is 41.5 Å². The summed E-state index contributed by atoms with van der Waals surface area (Å²) in [7, 11) is 0. The van der Waals surface area contributed by atoms with Crippen molar-refractivity contribution >= 4 is 74.9 Å². The normalized spacial score (nSPS) is 11.8. The lowest BCUT2D eigenvalue weighted by Crippen LogP contribution is -2.06. The number of thiophene rings is 1. The Bertz CT molecular complexity index is 3150. The molecule has 0 aliphatic rings. The Morgan fingerprint density at radius 3 is 1.81 bits per heavy atom. The van der Waals surface area contributed by atoms with Gasteiger partial charge in [-0.2, -0.15) is 9.97 Å². The Hall–Kier alpha value is -6.54. The average Bonchev–Trinajstić information content (AvgIpc) is 3.93. The second kappa shape index (κ2) is 12.0.